The van der Waals surface area contributed by atoms with E-state index in [1.54, 1.807) is 19.1 Å². The van der Waals surface area contributed by atoms with Crippen molar-refractivity contribution in [2.24, 2.45) is 0 Å². The van der Waals surface area contributed by atoms with Crippen LogP contribution in [-0.4, -0.2) is 25.1 Å². The van der Waals surface area contributed by atoms with Gasteiger partial charge in [0.1, 0.15) is 0 Å². The van der Waals surface area contributed by atoms with Crippen LogP contribution >= 0.6 is 0 Å². The van der Waals surface area contributed by atoms with Crippen LogP contribution in [0.1, 0.15) is 23.7 Å². The van der Waals surface area contributed by atoms with Crippen molar-refractivity contribution in [1.29, 1.82) is 0 Å². The van der Waals surface area contributed by atoms with E-state index in [-0.39, 0.29) is 17.3 Å². The van der Waals surface area contributed by atoms with Crippen LogP contribution in [0.2, 0.25) is 0 Å². The number of nitrogens with zero attached hydrogens (tertiary/aromatic N) is 2. The molecule has 2 N–H and O–H groups in total. The predicted molar refractivity (Wildman–Crippen MR) is 76.3 cm³/mol. The van der Waals surface area contributed by atoms with Gasteiger partial charge in [-0.3, -0.25) is 0 Å². The molecular formula is C13H16N4O3S. The number of benzene rings is 1. The molecule has 0 fully saturated rings. The minimum absolute atomic E-state index is 0.0202. The predicted octanol–water partition coefficient (Wildman–Crippen LogP) is 1.21. The van der Waals surface area contributed by atoms with Gasteiger partial charge in [0.2, 0.25) is 15.9 Å². The van der Waals surface area contributed by atoms with E-state index in [0.29, 0.717) is 5.82 Å². The van der Waals surface area contributed by atoms with E-state index < -0.39 is 10.0 Å². The summed E-state index contributed by atoms with van der Waals surface area (Å²) in [7, 11) is -3.60. The third kappa shape index (κ3) is 3.06. The smallest absolute Gasteiger partial charge is 0.241 e. The molecule has 0 saturated heterocycles. The molecule has 1 aliphatic rings. The number of anilines is 1. The molecule has 2 heterocycles. The first-order valence-electron chi connectivity index (χ1n) is 6.70. The van der Waals surface area contributed by atoms with E-state index in [4.69, 9.17) is 4.52 Å². The van der Waals surface area contributed by atoms with Crippen molar-refractivity contribution < 1.29 is 12.9 Å². The molecule has 2 aromatic rings. The Kier molecular flexibility index (Phi) is 3.64. The second-order valence-electron chi connectivity index (χ2n) is 4.91. The highest BCUT2D eigenvalue weighted by Crippen LogP contribution is 2.25. The van der Waals surface area contributed by atoms with Crippen LogP contribution in [0, 0.1) is 6.92 Å². The molecule has 0 spiro atoms. The first-order chi connectivity index (χ1) is 10.0. The Morgan fingerprint density at radius 3 is 3.05 bits per heavy atom. The molecule has 0 unspecified atom stereocenters. The highest BCUT2D eigenvalue weighted by Gasteiger charge is 2.18. The van der Waals surface area contributed by atoms with Gasteiger partial charge in [-0.1, -0.05) is 11.2 Å². The SMILES string of the molecule is Cc1noc(CNS(=O)(=O)c2ccc3c(c2)NCCC3)n1. The number of sulfonamides is 1. The van der Waals surface area contributed by atoms with E-state index in [9.17, 15) is 8.42 Å². The number of aryl methyl sites for hydroxylation is 2. The molecule has 3 rings (SSSR count). The maximum atomic E-state index is 12.3. The molecular weight excluding hydrogens is 292 g/mol. The fraction of sp³-hybridized carbons (Fsp3) is 0.385. The molecule has 0 amide bonds. The lowest BCUT2D eigenvalue weighted by atomic mass is 10.0. The van der Waals surface area contributed by atoms with E-state index in [1.165, 1.54) is 0 Å². The topological polar surface area (TPSA) is 97.1 Å². The summed E-state index contributed by atoms with van der Waals surface area (Å²) >= 11 is 0. The Morgan fingerprint density at radius 1 is 1.43 bits per heavy atom. The Labute approximate surface area is 122 Å². The van der Waals surface area contributed by atoms with Crippen molar-refractivity contribution in [1.82, 2.24) is 14.9 Å². The monoisotopic (exact) mass is 308 g/mol. The quantitative estimate of drug-likeness (QED) is 0.881. The maximum absolute atomic E-state index is 12.3. The minimum Gasteiger partial charge on any atom is -0.385 e. The molecule has 0 radical (unpaired) electrons. The van der Waals surface area contributed by atoms with Gasteiger partial charge in [0, 0.05) is 12.2 Å². The molecule has 1 aromatic heterocycles. The Hall–Kier alpha value is -1.93. The Bertz CT molecular complexity index is 755. The van der Waals surface area contributed by atoms with Crippen LogP contribution in [0.5, 0.6) is 0 Å². The summed E-state index contributed by atoms with van der Waals surface area (Å²) < 4.78 is 31.9. The normalized spacial score (nSPS) is 14.5. The summed E-state index contributed by atoms with van der Waals surface area (Å²) in [5.41, 5.74) is 2.03. The molecule has 0 bridgehead atoms. The Morgan fingerprint density at radius 2 is 2.29 bits per heavy atom. The molecule has 0 saturated carbocycles. The summed E-state index contributed by atoms with van der Waals surface area (Å²) in [6.07, 6.45) is 2.03. The summed E-state index contributed by atoms with van der Waals surface area (Å²) in [5, 5.41) is 6.84. The van der Waals surface area contributed by atoms with Crippen molar-refractivity contribution >= 4 is 15.7 Å². The van der Waals surface area contributed by atoms with E-state index in [0.717, 1.165) is 30.6 Å². The van der Waals surface area contributed by atoms with E-state index >= 15 is 0 Å². The average Bonchev–Trinajstić information content (AvgIpc) is 2.90. The first-order valence-corrected chi connectivity index (χ1v) is 8.18. The third-order valence-electron chi connectivity index (χ3n) is 3.31. The van der Waals surface area contributed by atoms with Crippen molar-refractivity contribution in [3.63, 3.8) is 0 Å². The standard InChI is InChI=1S/C13H16N4O3S/c1-9-16-13(20-17-9)8-15-21(18,19)11-5-4-10-3-2-6-14-12(10)7-11/h4-5,7,14-15H,2-3,6,8H2,1H3. The average molecular weight is 308 g/mol. The van der Waals surface area contributed by atoms with Crippen LogP contribution < -0.4 is 10.0 Å². The van der Waals surface area contributed by atoms with E-state index in [1.807, 2.05) is 6.07 Å². The molecule has 21 heavy (non-hydrogen) atoms. The number of rotatable bonds is 4. The van der Waals surface area contributed by atoms with Gasteiger partial charge >= 0.3 is 0 Å². The molecule has 112 valence electrons. The zero-order chi connectivity index (χ0) is 14.9. The lowest BCUT2D eigenvalue weighted by Gasteiger charge is -2.18. The third-order valence-corrected chi connectivity index (χ3v) is 4.71. The first kappa shape index (κ1) is 14.0. The fourth-order valence-corrected chi connectivity index (χ4v) is 3.26. The van der Waals surface area contributed by atoms with Crippen molar-refractivity contribution in [2.45, 2.75) is 31.2 Å². The molecule has 0 aliphatic carbocycles. The number of fused-ring (bicyclic) bond motifs is 1. The molecule has 1 aromatic carbocycles. The number of aromatic nitrogens is 2. The molecule has 7 nitrogen and oxygen atoms in total. The largest absolute Gasteiger partial charge is 0.385 e. The minimum atomic E-state index is -3.60. The summed E-state index contributed by atoms with van der Waals surface area (Å²) in [6.45, 7) is 2.52. The summed E-state index contributed by atoms with van der Waals surface area (Å²) in [6, 6.07) is 5.13. The van der Waals surface area contributed by atoms with Crippen LogP contribution in [-0.2, 0) is 23.0 Å². The number of hydrogen-bond acceptors (Lipinski definition) is 6. The van der Waals surface area contributed by atoms with E-state index in [2.05, 4.69) is 20.2 Å². The molecule has 1 aliphatic heterocycles. The zero-order valence-corrected chi connectivity index (χ0v) is 12.4. The van der Waals surface area contributed by atoms with Crippen LogP contribution in [0.3, 0.4) is 0 Å². The molecule has 0 atom stereocenters. The van der Waals surface area contributed by atoms with Gasteiger partial charge in [-0.25, -0.2) is 13.1 Å². The zero-order valence-electron chi connectivity index (χ0n) is 11.6. The van der Waals surface area contributed by atoms with Gasteiger partial charge in [0.15, 0.2) is 5.82 Å². The molecule has 8 heteroatoms. The fourth-order valence-electron chi connectivity index (χ4n) is 2.26. The van der Waals surface area contributed by atoms with Crippen molar-refractivity contribution in [3.05, 3.63) is 35.5 Å². The summed E-state index contributed by atoms with van der Waals surface area (Å²) in [4.78, 5) is 4.19. The highest BCUT2D eigenvalue weighted by molar-refractivity contribution is 7.89. The van der Waals surface area contributed by atoms with Gasteiger partial charge < -0.3 is 9.84 Å². The van der Waals surface area contributed by atoms with Crippen molar-refractivity contribution in [2.75, 3.05) is 11.9 Å². The van der Waals surface area contributed by atoms with Gasteiger partial charge in [-0.2, -0.15) is 4.98 Å². The van der Waals surface area contributed by atoms with Gasteiger partial charge in [-0.05, 0) is 37.5 Å². The van der Waals surface area contributed by atoms with Crippen LogP contribution in [0.15, 0.2) is 27.6 Å². The number of hydrogen-bond donors (Lipinski definition) is 2. The maximum Gasteiger partial charge on any atom is 0.241 e. The summed E-state index contributed by atoms with van der Waals surface area (Å²) in [5.74, 6) is 0.717. The van der Waals surface area contributed by atoms with Gasteiger partial charge in [0.05, 0.1) is 11.4 Å². The highest BCUT2D eigenvalue weighted by atomic mass is 32.2. The second-order valence-corrected chi connectivity index (χ2v) is 6.68. The van der Waals surface area contributed by atoms with Crippen molar-refractivity contribution in [3.8, 4) is 0 Å². The van der Waals surface area contributed by atoms with Gasteiger partial charge in [-0.15, -0.1) is 0 Å². The van der Waals surface area contributed by atoms with Crippen LogP contribution in [0.4, 0.5) is 5.69 Å². The lowest BCUT2D eigenvalue weighted by molar-refractivity contribution is 0.372. The number of nitrogens with one attached hydrogen (secondary N) is 2. The lowest BCUT2D eigenvalue weighted by Crippen LogP contribution is -2.24. The second kappa shape index (κ2) is 5.45. The Balaban J connectivity index is 1.78. The van der Waals surface area contributed by atoms with Crippen LogP contribution in [0.25, 0.3) is 0 Å². The van der Waals surface area contributed by atoms with Gasteiger partial charge in [0.25, 0.3) is 0 Å².